The van der Waals surface area contributed by atoms with Crippen molar-refractivity contribution in [3.63, 3.8) is 0 Å². The Hall–Kier alpha value is -2.37. The fourth-order valence-electron chi connectivity index (χ4n) is 1.65. The number of nitrogens with zero attached hydrogens (tertiary/aromatic N) is 3. The summed E-state index contributed by atoms with van der Waals surface area (Å²) < 4.78 is 0. The van der Waals surface area contributed by atoms with Gasteiger partial charge in [0, 0.05) is 13.1 Å². The van der Waals surface area contributed by atoms with E-state index in [1.165, 1.54) is 4.90 Å². The van der Waals surface area contributed by atoms with Gasteiger partial charge >= 0.3 is 0 Å². The predicted molar refractivity (Wildman–Crippen MR) is 68.4 cm³/mol. The zero-order valence-corrected chi connectivity index (χ0v) is 10.5. The summed E-state index contributed by atoms with van der Waals surface area (Å²) in [4.78, 5) is 13.5. The van der Waals surface area contributed by atoms with Crippen molar-refractivity contribution in [2.45, 2.75) is 18.9 Å². The Morgan fingerprint density at radius 1 is 1.16 bits per heavy atom. The molecule has 0 aliphatic heterocycles. The quantitative estimate of drug-likeness (QED) is 0.833. The van der Waals surface area contributed by atoms with Crippen LogP contribution in [0.4, 0.5) is 0 Å². The van der Waals surface area contributed by atoms with E-state index in [4.69, 9.17) is 10.5 Å². The summed E-state index contributed by atoms with van der Waals surface area (Å²) in [7, 11) is 0. The zero-order valence-electron chi connectivity index (χ0n) is 10.5. The fraction of sp³-hybridized carbons (Fsp3) is 0.357. The number of aliphatic hydroxyl groups excluding tert-OH is 1. The van der Waals surface area contributed by atoms with Crippen LogP contribution < -0.4 is 0 Å². The molecule has 1 N–H and O–H groups in total. The number of aliphatic hydroxyl groups is 1. The van der Waals surface area contributed by atoms with Crippen molar-refractivity contribution in [2.24, 2.45) is 0 Å². The molecule has 1 rings (SSSR count). The molecule has 0 aromatic heterocycles. The Balaban J connectivity index is 2.75. The van der Waals surface area contributed by atoms with Gasteiger partial charge in [0.05, 0.1) is 25.0 Å². The van der Waals surface area contributed by atoms with Crippen LogP contribution in [0.2, 0.25) is 0 Å². The molecule has 0 saturated carbocycles. The molecule has 5 nitrogen and oxygen atoms in total. The third kappa shape index (κ3) is 4.42. The highest BCUT2D eigenvalue weighted by Gasteiger charge is 2.23. The van der Waals surface area contributed by atoms with Crippen LogP contribution in [0.1, 0.15) is 24.5 Å². The molecule has 0 radical (unpaired) electrons. The molecular formula is C14H15N3O2. The van der Waals surface area contributed by atoms with Gasteiger partial charge in [0.1, 0.15) is 0 Å². The molecule has 5 heteroatoms. The number of benzene rings is 1. The van der Waals surface area contributed by atoms with E-state index in [1.807, 2.05) is 12.1 Å². The second-order valence-electron chi connectivity index (χ2n) is 3.95. The van der Waals surface area contributed by atoms with E-state index >= 15 is 0 Å². The van der Waals surface area contributed by atoms with E-state index < -0.39 is 12.0 Å². The van der Waals surface area contributed by atoms with Crippen LogP contribution in [0.25, 0.3) is 0 Å². The summed E-state index contributed by atoms with van der Waals surface area (Å²) in [6.07, 6.45) is -0.893. The molecule has 1 unspecified atom stereocenters. The Morgan fingerprint density at radius 3 is 2.16 bits per heavy atom. The first-order valence-electron chi connectivity index (χ1n) is 5.96. The van der Waals surface area contributed by atoms with E-state index in [-0.39, 0.29) is 25.9 Å². The van der Waals surface area contributed by atoms with Crippen LogP contribution in [-0.4, -0.2) is 29.0 Å². The molecule has 0 saturated heterocycles. The van der Waals surface area contributed by atoms with E-state index in [1.54, 1.807) is 30.3 Å². The number of carbonyl (C=O) groups is 1. The maximum atomic E-state index is 12.1. The second-order valence-corrected chi connectivity index (χ2v) is 3.95. The smallest absolute Gasteiger partial charge is 0.256 e. The maximum absolute atomic E-state index is 12.1. The minimum Gasteiger partial charge on any atom is -0.378 e. The minimum atomic E-state index is -1.25. The molecule has 0 bridgehead atoms. The largest absolute Gasteiger partial charge is 0.378 e. The van der Waals surface area contributed by atoms with Crippen molar-refractivity contribution in [1.29, 1.82) is 10.5 Å². The Bertz CT molecular complexity index is 470. The van der Waals surface area contributed by atoms with Crippen LogP contribution in [0, 0.1) is 22.7 Å². The number of carbonyl (C=O) groups excluding carboxylic acids is 1. The molecule has 1 amide bonds. The van der Waals surface area contributed by atoms with Crippen molar-refractivity contribution >= 4 is 5.91 Å². The average Bonchev–Trinajstić information content (AvgIpc) is 2.47. The van der Waals surface area contributed by atoms with Crippen molar-refractivity contribution in [3.8, 4) is 12.1 Å². The number of hydrogen-bond donors (Lipinski definition) is 1. The van der Waals surface area contributed by atoms with Gasteiger partial charge in [0.2, 0.25) is 0 Å². The molecule has 0 spiro atoms. The lowest BCUT2D eigenvalue weighted by Crippen LogP contribution is -2.36. The lowest BCUT2D eigenvalue weighted by molar-refractivity contribution is -0.140. The van der Waals surface area contributed by atoms with Gasteiger partial charge in [-0.2, -0.15) is 10.5 Å². The summed E-state index contributed by atoms with van der Waals surface area (Å²) in [6, 6.07) is 12.5. The van der Waals surface area contributed by atoms with Crippen LogP contribution in [-0.2, 0) is 4.79 Å². The van der Waals surface area contributed by atoms with Crippen LogP contribution >= 0.6 is 0 Å². The van der Waals surface area contributed by atoms with Crippen molar-refractivity contribution in [3.05, 3.63) is 35.9 Å². The molecule has 0 fully saturated rings. The number of hydrogen-bond acceptors (Lipinski definition) is 4. The minimum absolute atomic E-state index is 0.179. The Labute approximate surface area is 112 Å². The lowest BCUT2D eigenvalue weighted by atomic mass is 10.1. The Kier molecular flexibility index (Phi) is 6.08. The first kappa shape index (κ1) is 14.7. The maximum Gasteiger partial charge on any atom is 0.256 e. The molecule has 98 valence electrons. The molecular weight excluding hydrogens is 242 g/mol. The van der Waals surface area contributed by atoms with Gasteiger partial charge in [0.25, 0.3) is 5.91 Å². The van der Waals surface area contributed by atoms with Gasteiger partial charge in [-0.3, -0.25) is 4.79 Å². The first-order valence-corrected chi connectivity index (χ1v) is 5.96. The van der Waals surface area contributed by atoms with Gasteiger partial charge in [-0.1, -0.05) is 30.3 Å². The number of rotatable bonds is 6. The van der Waals surface area contributed by atoms with Gasteiger partial charge < -0.3 is 10.0 Å². The van der Waals surface area contributed by atoms with Crippen LogP contribution in [0.3, 0.4) is 0 Å². The Morgan fingerprint density at radius 2 is 1.68 bits per heavy atom. The van der Waals surface area contributed by atoms with E-state index in [9.17, 15) is 9.90 Å². The van der Waals surface area contributed by atoms with Gasteiger partial charge in [-0.15, -0.1) is 0 Å². The SMILES string of the molecule is N#CCCN(CCC#N)C(=O)C(O)c1ccccc1. The number of nitriles is 2. The third-order valence-electron chi connectivity index (χ3n) is 2.65. The van der Waals surface area contributed by atoms with Gasteiger partial charge in [0.15, 0.2) is 6.10 Å². The molecule has 1 aromatic rings. The standard InChI is InChI=1S/C14H15N3O2/c15-8-4-10-17(11-5-9-16)14(19)13(18)12-6-2-1-3-7-12/h1-3,6-7,13,18H,4-5,10-11H2. The molecule has 0 aliphatic rings. The van der Waals surface area contributed by atoms with Crippen molar-refractivity contribution in [2.75, 3.05) is 13.1 Å². The van der Waals surface area contributed by atoms with Crippen molar-refractivity contribution < 1.29 is 9.90 Å². The molecule has 19 heavy (non-hydrogen) atoms. The second kappa shape index (κ2) is 7.86. The highest BCUT2D eigenvalue weighted by molar-refractivity contribution is 5.82. The predicted octanol–water partition coefficient (Wildman–Crippen LogP) is 1.38. The molecule has 0 aliphatic carbocycles. The average molecular weight is 257 g/mol. The summed E-state index contributed by atoms with van der Waals surface area (Å²) in [5.41, 5.74) is 0.506. The molecule has 1 atom stereocenters. The summed E-state index contributed by atoms with van der Waals surface area (Å²) in [5.74, 6) is -0.475. The lowest BCUT2D eigenvalue weighted by Gasteiger charge is -2.23. The van der Waals surface area contributed by atoms with Crippen LogP contribution in [0.15, 0.2) is 30.3 Å². The normalized spacial score (nSPS) is 11.1. The summed E-state index contributed by atoms with van der Waals surface area (Å²) in [6.45, 7) is 0.446. The van der Waals surface area contributed by atoms with Gasteiger partial charge in [-0.25, -0.2) is 0 Å². The van der Waals surface area contributed by atoms with Crippen molar-refractivity contribution in [1.82, 2.24) is 4.90 Å². The first-order chi connectivity index (χ1) is 9.20. The topological polar surface area (TPSA) is 88.1 Å². The highest BCUT2D eigenvalue weighted by atomic mass is 16.3. The van der Waals surface area contributed by atoms with Crippen LogP contribution in [0.5, 0.6) is 0 Å². The molecule has 1 aromatic carbocycles. The third-order valence-corrected chi connectivity index (χ3v) is 2.65. The van der Waals surface area contributed by atoms with E-state index in [0.29, 0.717) is 5.56 Å². The fourth-order valence-corrected chi connectivity index (χ4v) is 1.65. The zero-order chi connectivity index (χ0) is 14.1. The molecule has 0 heterocycles. The monoisotopic (exact) mass is 257 g/mol. The summed E-state index contributed by atoms with van der Waals surface area (Å²) >= 11 is 0. The summed E-state index contributed by atoms with van der Waals surface area (Å²) in [5, 5.41) is 27.1. The van der Waals surface area contributed by atoms with Gasteiger partial charge in [-0.05, 0) is 5.56 Å². The van der Waals surface area contributed by atoms with E-state index in [2.05, 4.69) is 0 Å². The van der Waals surface area contributed by atoms with E-state index in [0.717, 1.165) is 0 Å². The highest BCUT2D eigenvalue weighted by Crippen LogP contribution is 2.15. The number of amides is 1.